The highest BCUT2D eigenvalue weighted by molar-refractivity contribution is 5.93. The van der Waals surface area contributed by atoms with Crippen molar-refractivity contribution in [2.75, 3.05) is 51.0 Å². The van der Waals surface area contributed by atoms with Gasteiger partial charge in [-0.1, -0.05) is 25.1 Å². The van der Waals surface area contributed by atoms with Crippen LogP contribution in [0.1, 0.15) is 62.7 Å². The van der Waals surface area contributed by atoms with Gasteiger partial charge in [-0.3, -0.25) is 14.7 Å². The van der Waals surface area contributed by atoms with Gasteiger partial charge in [0.25, 0.3) is 5.89 Å². The number of likely N-dealkylation sites (N-methyl/N-ethyl adjacent to an activating group) is 1. The van der Waals surface area contributed by atoms with Gasteiger partial charge in [0, 0.05) is 63.0 Å². The van der Waals surface area contributed by atoms with Crippen molar-refractivity contribution in [3.05, 3.63) is 47.5 Å². The third kappa shape index (κ3) is 7.31. The monoisotopic (exact) mass is 676 g/mol. The summed E-state index contributed by atoms with van der Waals surface area (Å²) < 4.78 is 38.9. The van der Waals surface area contributed by atoms with E-state index in [0.29, 0.717) is 54.8 Å². The molecule has 7 rings (SSSR count). The topological polar surface area (TPSA) is 153 Å². The van der Waals surface area contributed by atoms with Crippen LogP contribution in [0.2, 0.25) is 0 Å². The summed E-state index contributed by atoms with van der Waals surface area (Å²) in [6, 6.07) is 3.94. The first-order valence-corrected chi connectivity index (χ1v) is 16.6. The number of ether oxygens (including phenoxy) is 1. The first kappa shape index (κ1) is 34.1. The first-order valence-electron chi connectivity index (χ1n) is 16.6. The van der Waals surface area contributed by atoms with Crippen molar-refractivity contribution in [1.82, 2.24) is 39.9 Å². The normalized spacial score (nSPS) is 20.7. The number of hydrogen-bond acceptors (Lipinski definition) is 12. The molecule has 0 saturated carbocycles. The number of likely N-dealkylation sites (tertiary alicyclic amines) is 1. The van der Waals surface area contributed by atoms with Gasteiger partial charge in [0.05, 0.1) is 18.2 Å². The lowest BCUT2D eigenvalue weighted by atomic mass is 10.1. The van der Waals surface area contributed by atoms with Crippen LogP contribution < -0.4 is 15.4 Å². The summed E-state index contributed by atoms with van der Waals surface area (Å²) in [5.41, 5.74) is 7.00. The molecule has 0 aromatic carbocycles. The number of aryl methyl sites for hydroxylation is 1. The van der Waals surface area contributed by atoms with Crippen LogP contribution in [0.5, 0.6) is 6.01 Å². The summed E-state index contributed by atoms with van der Waals surface area (Å²) in [6.07, 6.45) is 7.97. The molecule has 4 aromatic heterocycles. The van der Waals surface area contributed by atoms with Crippen molar-refractivity contribution in [1.29, 1.82) is 0 Å². The SMILES string of the molecule is COc1nc(N(C)C2CCN(C(=O)/C=C/c3nc(C(C)C)no3)C2)c2cnc(-c3nc(N)ccc3C)c(F)c2n1.FC1CC2CCCN2C1. The number of nitrogen functional groups attached to an aromatic ring is 1. The molecule has 4 aromatic rings. The molecule has 3 fully saturated rings. The summed E-state index contributed by atoms with van der Waals surface area (Å²) in [6.45, 7) is 8.56. The number of halogens is 2. The summed E-state index contributed by atoms with van der Waals surface area (Å²) in [4.78, 5) is 40.5. The number of aromatic nitrogens is 6. The Hall–Kier alpha value is -4.79. The molecule has 3 saturated heterocycles. The molecule has 260 valence electrons. The molecular formula is C34H42F2N10O3. The van der Waals surface area contributed by atoms with Gasteiger partial charge < -0.3 is 24.8 Å². The van der Waals surface area contributed by atoms with E-state index < -0.39 is 12.0 Å². The number of pyridine rings is 2. The van der Waals surface area contributed by atoms with Crippen molar-refractivity contribution < 1.29 is 22.8 Å². The summed E-state index contributed by atoms with van der Waals surface area (Å²) in [5, 5.41) is 4.31. The molecule has 1 amide bonds. The summed E-state index contributed by atoms with van der Waals surface area (Å²) in [7, 11) is 3.27. The maximum Gasteiger partial charge on any atom is 0.318 e. The molecule has 49 heavy (non-hydrogen) atoms. The van der Waals surface area contributed by atoms with Gasteiger partial charge >= 0.3 is 6.01 Å². The number of hydrogen-bond donors (Lipinski definition) is 1. The molecule has 7 heterocycles. The van der Waals surface area contributed by atoms with Crippen molar-refractivity contribution >= 4 is 34.5 Å². The van der Waals surface area contributed by atoms with Gasteiger partial charge in [-0.05, 0) is 50.8 Å². The lowest BCUT2D eigenvalue weighted by Crippen LogP contribution is -2.36. The molecule has 3 aliphatic rings. The molecular weight excluding hydrogens is 634 g/mol. The number of carbonyl (C=O) groups excluding carboxylic acids is 1. The molecule has 3 atom stereocenters. The minimum atomic E-state index is -0.649. The van der Waals surface area contributed by atoms with E-state index >= 15 is 4.39 Å². The second kappa shape index (κ2) is 14.4. The number of rotatable bonds is 7. The number of amides is 1. The van der Waals surface area contributed by atoms with E-state index in [9.17, 15) is 9.18 Å². The zero-order valence-electron chi connectivity index (χ0n) is 28.4. The minimum absolute atomic E-state index is 0.0110. The molecule has 2 N–H and O–H groups in total. The number of nitrogens with two attached hydrogens (primary N) is 1. The fraction of sp³-hybridized carbons (Fsp3) is 0.500. The van der Waals surface area contributed by atoms with Gasteiger partial charge in [-0.25, -0.2) is 13.8 Å². The van der Waals surface area contributed by atoms with Crippen LogP contribution in [0, 0.1) is 12.7 Å². The Morgan fingerprint density at radius 3 is 2.69 bits per heavy atom. The molecule has 3 unspecified atom stereocenters. The van der Waals surface area contributed by atoms with Gasteiger partial charge in [-0.15, -0.1) is 0 Å². The highest BCUT2D eigenvalue weighted by Crippen LogP contribution is 2.34. The van der Waals surface area contributed by atoms with Crippen LogP contribution in [-0.4, -0.2) is 104 Å². The maximum atomic E-state index is 15.9. The number of alkyl halides is 1. The molecule has 0 bridgehead atoms. The summed E-state index contributed by atoms with van der Waals surface area (Å²) >= 11 is 0. The minimum Gasteiger partial charge on any atom is -0.467 e. The fourth-order valence-electron chi connectivity index (χ4n) is 6.59. The van der Waals surface area contributed by atoms with E-state index in [1.165, 1.54) is 38.3 Å². The predicted octanol–water partition coefficient (Wildman–Crippen LogP) is 4.57. The van der Waals surface area contributed by atoms with Crippen molar-refractivity contribution in [3.63, 3.8) is 0 Å². The Labute approximate surface area is 283 Å². The lowest BCUT2D eigenvalue weighted by molar-refractivity contribution is -0.124. The second-order valence-corrected chi connectivity index (χ2v) is 13.1. The van der Waals surface area contributed by atoms with Crippen LogP contribution in [0.4, 0.5) is 20.4 Å². The van der Waals surface area contributed by atoms with E-state index in [-0.39, 0.29) is 46.8 Å². The Bertz CT molecular complexity index is 1840. The van der Waals surface area contributed by atoms with Crippen molar-refractivity contribution in [3.8, 4) is 17.4 Å². The van der Waals surface area contributed by atoms with E-state index in [1.54, 1.807) is 24.0 Å². The zero-order chi connectivity index (χ0) is 34.8. The Balaban J connectivity index is 0.000000396. The standard InChI is InChI=1S/C27H30FN9O3.C7H12FN/c1-14(2)25-32-19(40-35-25)8-9-20(38)37-11-10-16(13-37)36(4)26-17-12-30-24(22-15(3)6-7-18(29)31-22)21(28)23(17)33-27(34-26)39-5;8-6-4-7-2-1-3-9(7)5-6/h6-9,12,14,16H,10-11,13H2,1-5H3,(H2,29,31);6-7H,1-5H2/b9-8+;. The molecule has 0 radical (unpaired) electrons. The van der Waals surface area contributed by atoms with Gasteiger partial charge in [0.2, 0.25) is 5.91 Å². The van der Waals surface area contributed by atoms with Gasteiger partial charge in [-0.2, -0.15) is 15.0 Å². The quantitative estimate of drug-likeness (QED) is 0.273. The van der Waals surface area contributed by atoms with Crippen LogP contribution in [0.3, 0.4) is 0 Å². The molecule has 15 heteroatoms. The first-order chi connectivity index (χ1) is 23.5. The third-order valence-corrected chi connectivity index (χ3v) is 9.33. The van der Waals surface area contributed by atoms with E-state index in [1.807, 2.05) is 25.8 Å². The predicted molar refractivity (Wildman–Crippen MR) is 181 cm³/mol. The maximum absolute atomic E-state index is 15.9. The Morgan fingerprint density at radius 1 is 1.14 bits per heavy atom. The number of fused-ring (bicyclic) bond motifs is 2. The Morgan fingerprint density at radius 2 is 1.96 bits per heavy atom. The highest BCUT2D eigenvalue weighted by Gasteiger charge is 2.35. The van der Waals surface area contributed by atoms with Crippen molar-refractivity contribution in [2.45, 2.75) is 70.6 Å². The van der Waals surface area contributed by atoms with E-state index in [0.717, 1.165) is 18.5 Å². The smallest absolute Gasteiger partial charge is 0.318 e. The van der Waals surface area contributed by atoms with Gasteiger partial charge in [0.1, 0.15) is 29.0 Å². The number of methoxy groups -OCH3 is 1. The van der Waals surface area contributed by atoms with Crippen molar-refractivity contribution in [2.24, 2.45) is 0 Å². The molecule has 0 spiro atoms. The lowest BCUT2D eigenvalue weighted by Gasteiger charge is -2.27. The average Bonchev–Trinajstić information content (AvgIpc) is 3.90. The average molecular weight is 677 g/mol. The number of carbonyl (C=O) groups is 1. The largest absolute Gasteiger partial charge is 0.467 e. The zero-order valence-corrected chi connectivity index (χ0v) is 28.4. The third-order valence-electron chi connectivity index (χ3n) is 9.33. The summed E-state index contributed by atoms with van der Waals surface area (Å²) in [5.74, 6) is 0.869. The molecule has 0 aliphatic carbocycles. The van der Waals surface area contributed by atoms with Crippen LogP contribution in [0.15, 0.2) is 28.9 Å². The van der Waals surface area contributed by atoms with Crippen LogP contribution >= 0.6 is 0 Å². The van der Waals surface area contributed by atoms with Crippen LogP contribution in [0.25, 0.3) is 28.4 Å². The second-order valence-electron chi connectivity index (χ2n) is 13.1. The van der Waals surface area contributed by atoms with Gasteiger partial charge in [0.15, 0.2) is 11.6 Å². The molecule has 13 nitrogen and oxygen atoms in total. The Kier molecular flexibility index (Phi) is 9.99. The highest BCUT2D eigenvalue weighted by atomic mass is 19.1. The van der Waals surface area contributed by atoms with E-state index in [4.69, 9.17) is 15.0 Å². The molecule has 3 aliphatic heterocycles. The number of anilines is 2. The van der Waals surface area contributed by atoms with Crippen LogP contribution in [-0.2, 0) is 4.79 Å². The fourth-order valence-corrected chi connectivity index (χ4v) is 6.59. The van der Waals surface area contributed by atoms with E-state index in [2.05, 4.69) is 35.0 Å². The number of nitrogens with zero attached hydrogens (tertiary/aromatic N) is 9.